The van der Waals surface area contributed by atoms with Crippen LogP contribution < -0.4 is 15.8 Å². The molecular weight excluding hydrogens is 310 g/mol. The van der Waals surface area contributed by atoms with E-state index in [9.17, 15) is 14.9 Å². The van der Waals surface area contributed by atoms with E-state index in [4.69, 9.17) is 22.1 Å². The van der Waals surface area contributed by atoms with E-state index in [1.165, 1.54) is 18.2 Å². The summed E-state index contributed by atoms with van der Waals surface area (Å²) >= 11 is 5.72. The van der Waals surface area contributed by atoms with Gasteiger partial charge < -0.3 is 15.8 Å². The molecule has 1 aromatic carbocycles. The number of carbonyl (C=O) groups is 1. The van der Waals surface area contributed by atoms with Crippen molar-refractivity contribution < 1.29 is 14.5 Å². The van der Waals surface area contributed by atoms with Crippen molar-refractivity contribution in [1.29, 1.82) is 0 Å². The number of nitro groups is 1. The molecule has 1 atom stereocenters. The molecule has 0 aromatic heterocycles. The molecule has 120 valence electrons. The van der Waals surface area contributed by atoms with E-state index in [0.717, 1.165) is 12.8 Å². The molecule has 1 aliphatic carbocycles. The van der Waals surface area contributed by atoms with Crippen molar-refractivity contribution in [3.05, 3.63) is 33.3 Å². The second kappa shape index (κ2) is 7.42. The first-order chi connectivity index (χ1) is 10.5. The minimum atomic E-state index is -0.571. The van der Waals surface area contributed by atoms with Crippen molar-refractivity contribution in [1.82, 2.24) is 5.32 Å². The Morgan fingerprint density at radius 2 is 2.27 bits per heavy atom. The van der Waals surface area contributed by atoms with Crippen LogP contribution in [0.2, 0.25) is 5.02 Å². The molecule has 1 saturated carbocycles. The number of hydrogen-bond acceptors (Lipinski definition) is 5. The first-order valence-electron chi connectivity index (χ1n) is 7.07. The molecule has 0 spiro atoms. The van der Waals surface area contributed by atoms with E-state index in [2.05, 4.69) is 5.32 Å². The average molecular weight is 328 g/mol. The Morgan fingerprint density at radius 1 is 1.55 bits per heavy atom. The summed E-state index contributed by atoms with van der Waals surface area (Å²) in [7, 11) is 0. The third-order valence-electron chi connectivity index (χ3n) is 3.50. The SMILES string of the molecule is NCC(NC(=O)CCOc1ccc(Cl)cc1[N+](=O)[O-])C1CC1. The molecule has 1 aliphatic rings. The second-order valence-electron chi connectivity index (χ2n) is 5.21. The Morgan fingerprint density at radius 3 is 2.86 bits per heavy atom. The third-order valence-corrected chi connectivity index (χ3v) is 3.73. The van der Waals surface area contributed by atoms with Crippen LogP contribution in [0.25, 0.3) is 0 Å². The van der Waals surface area contributed by atoms with Crippen molar-refractivity contribution in [3.63, 3.8) is 0 Å². The van der Waals surface area contributed by atoms with Crippen LogP contribution in [0.5, 0.6) is 5.75 Å². The van der Waals surface area contributed by atoms with Gasteiger partial charge >= 0.3 is 5.69 Å². The van der Waals surface area contributed by atoms with Crippen LogP contribution in [0.15, 0.2) is 18.2 Å². The zero-order chi connectivity index (χ0) is 16.1. The summed E-state index contributed by atoms with van der Waals surface area (Å²) in [6.07, 6.45) is 2.30. The fourth-order valence-corrected chi connectivity index (χ4v) is 2.32. The fourth-order valence-electron chi connectivity index (χ4n) is 2.16. The van der Waals surface area contributed by atoms with Gasteiger partial charge in [-0.25, -0.2) is 0 Å². The van der Waals surface area contributed by atoms with Gasteiger partial charge in [-0.1, -0.05) is 11.6 Å². The maximum Gasteiger partial charge on any atom is 0.312 e. The first-order valence-corrected chi connectivity index (χ1v) is 7.45. The number of amides is 1. The second-order valence-corrected chi connectivity index (χ2v) is 5.65. The van der Waals surface area contributed by atoms with Gasteiger partial charge in [-0.15, -0.1) is 0 Å². The van der Waals surface area contributed by atoms with Crippen molar-refractivity contribution in [2.75, 3.05) is 13.2 Å². The summed E-state index contributed by atoms with van der Waals surface area (Å²) in [6.45, 7) is 0.468. The lowest BCUT2D eigenvalue weighted by molar-refractivity contribution is -0.385. The summed E-state index contributed by atoms with van der Waals surface area (Å²) < 4.78 is 5.32. The number of ether oxygens (including phenoxy) is 1. The van der Waals surface area contributed by atoms with Gasteiger partial charge in [-0.05, 0) is 30.9 Å². The molecule has 7 nitrogen and oxygen atoms in total. The van der Waals surface area contributed by atoms with Crippen molar-refractivity contribution in [2.24, 2.45) is 11.7 Å². The lowest BCUT2D eigenvalue weighted by Crippen LogP contribution is -2.42. The molecule has 3 N–H and O–H groups in total. The summed E-state index contributed by atoms with van der Waals surface area (Å²) in [5, 5.41) is 14.0. The lowest BCUT2D eigenvalue weighted by Gasteiger charge is -2.16. The quantitative estimate of drug-likeness (QED) is 0.560. The predicted octanol–water partition coefficient (Wildman–Crippen LogP) is 1.87. The Labute approximate surface area is 132 Å². The minimum Gasteiger partial charge on any atom is -0.486 e. The molecule has 0 radical (unpaired) electrons. The van der Waals surface area contributed by atoms with Gasteiger partial charge in [0.1, 0.15) is 0 Å². The van der Waals surface area contributed by atoms with Crippen LogP contribution in [0.3, 0.4) is 0 Å². The topological polar surface area (TPSA) is 107 Å². The van der Waals surface area contributed by atoms with E-state index in [1.54, 1.807) is 0 Å². The molecule has 22 heavy (non-hydrogen) atoms. The van der Waals surface area contributed by atoms with E-state index in [1.807, 2.05) is 0 Å². The number of hydrogen-bond donors (Lipinski definition) is 2. The summed E-state index contributed by atoms with van der Waals surface area (Å²) in [4.78, 5) is 22.1. The Kier molecular flexibility index (Phi) is 5.57. The number of rotatable bonds is 8. The Balaban J connectivity index is 1.83. The molecule has 1 aromatic rings. The van der Waals surface area contributed by atoms with Crippen LogP contribution in [0.4, 0.5) is 5.69 Å². The molecule has 1 unspecified atom stereocenters. The van der Waals surface area contributed by atoms with Crippen molar-refractivity contribution >= 4 is 23.2 Å². The van der Waals surface area contributed by atoms with Crippen LogP contribution >= 0.6 is 11.6 Å². The molecule has 1 amide bonds. The first kappa shape index (κ1) is 16.5. The highest BCUT2D eigenvalue weighted by Crippen LogP contribution is 2.32. The standard InChI is InChI=1S/C14H18ClN3O4/c15-10-3-4-13(12(7-10)18(20)21)22-6-5-14(19)17-11(8-16)9-1-2-9/h3-4,7,9,11H,1-2,5-6,8,16H2,(H,17,19). The summed E-state index contributed by atoms with van der Waals surface area (Å²) in [6, 6.07) is 4.15. The average Bonchev–Trinajstić information content (AvgIpc) is 3.30. The molecule has 0 heterocycles. The molecule has 0 saturated heterocycles. The molecule has 0 bridgehead atoms. The summed E-state index contributed by atoms with van der Waals surface area (Å²) in [5.41, 5.74) is 5.40. The maximum atomic E-state index is 11.8. The number of nitrogens with zero attached hydrogens (tertiary/aromatic N) is 1. The van der Waals surface area contributed by atoms with Crippen molar-refractivity contribution in [2.45, 2.75) is 25.3 Å². The number of carbonyl (C=O) groups excluding carboxylic acids is 1. The van der Waals surface area contributed by atoms with E-state index in [0.29, 0.717) is 12.5 Å². The predicted molar refractivity (Wildman–Crippen MR) is 81.9 cm³/mol. The number of benzene rings is 1. The van der Waals surface area contributed by atoms with Gasteiger partial charge in [0.05, 0.1) is 18.0 Å². The Hall–Kier alpha value is -1.86. The van der Waals surface area contributed by atoms with Gasteiger partial charge in [0.2, 0.25) is 5.91 Å². The zero-order valence-corrected chi connectivity index (χ0v) is 12.7. The number of nitrogens with one attached hydrogen (secondary N) is 1. The minimum absolute atomic E-state index is 0.0115. The smallest absolute Gasteiger partial charge is 0.312 e. The fraction of sp³-hybridized carbons (Fsp3) is 0.500. The van der Waals surface area contributed by atoms with Crippen molar-refractivity contribution in [3.8, 4) is 5.75 Å². The molecular formula is C14H18ClN3O4. The number of nitrogens with two attached hydrogens (primary N) is 1. The van der Waals surface area contributed by atoms with Crippen LogP contribution in [0.1, 0.15) is 19.3 Å². The van der Waals surface area contributed by atoms with E-state index >= 15 is 0 Å². The highest BCUT2D eigenvalue weighted by atomic mass is 35.5. The zero-order valence-electron chi connectivity index (χ0n) is 12.0. The van der Waals surface area contributed by atoms with Gasteiger partial charge in [0.25, 0.3) is 0 Å². The molecule has 8 heteroatoms. The largest absolute Gasteiger partial charge is 0.486 e. The molecule has 1 fully saturated rings. The van der Waals surface area contributed by atoms with Crippen LogP contribution in [-0.2, 0) is 4.79 Å². The maximum absolute atomic E-state index is 11.8. The number of nitro benzene ring substituents is 1. The van der Waals surface area contributed by atoms with E-state index in [-0.39, 0.29) is 41.4 Å². The van der Waals surface area contributed by atoms with Crippen LogP contribution in [0, 0.1) is 16.0 Å². The van der Waals surface area contributed by atoms with Gasteiger partial charge in [0.15, 0.2) is 5.75 Å². The highest BCUT2D eigenvalue weighted by molar-refractivity contribution is 6.30. The lowest BCUT2D eigenvalue weighted by atomic mass is 10.2. The third kappa shape index (κ3) is 4.57. The Bertz CT molecular complexity index is 563. The monoisotopic (exact) mass is 327 g/mol. The molecule has 2 rings (SSSR count). The normalized spacial score (nSPS) is 15.2. The van der Waals surface area contributed by atoms with E-state index < -0.39 is 4.92 Å². The van der Waals surface area contributed by atoms with Gasteiger partial charge in [0, 0.05) is 23.7 Å². The van der Waals surface area contributed by atoms with Crippen LogP contribution in [-0.4, -0.2) is 30.0 Å². The van der Waals surface area contributed by atoms with Gasteiger partial charge in [-0.2, -0.15) is 0 Å². The van der Waals surface area contributed by atoms with Gasteiger partial charge in [-0.3, -0.25) is 14.9 Å². The summed E-state index contributed by atoms with van der Waals surface area (Å²) in [5.74, 6) is 0.408. The number of halogens is 1. The molecule has 0 aliphatic heterocycles. The highest BCUT2D eigenvalue weighted by Gasteiger charge is 2.31.